The molecule has 1 atom stereocenters. The lowest BCUT2D eigenvalue weighted by Gasteiger charge is -2.26. The molecule has 0 saturated heterocycles. The Morgan fingerprint density at radius 2 is 1.88 bits per heavy atom. The lowest BCUT2D eigenvalue weighted by molar-refractivity contribution is -0.130. The first-order valence-corrected chi connectivity index (χ1v) is 8.54. The highest BCUT2D eigenvalue weighted by Gasteiger charge is 2.42. The SMILES string of the molecule is CCCOc1ccc(C2C(C(=O)CC)=C(O)C(=O)N2CCOC)cc1. The Balaban J connectivity index is 2.36. The smallest absolute Gasteiger partial charge is 0.290 e. The maximum Gasteiger partial charge on any atom is 0.290 e. The van der Waals surface area contributed by atoms with Crippen molar-refractivity contribution in [3.63, 3.8) is 0 Å². The summed E-state index contributed by atoms with van der Waals surface area (Å²) in [6.07, 6.45) is 1.13. The van der Waals surface area contributed by atoms with E-state index in [2.05, 4.69) is 0 Å². The largest absolute Gasteiger partial charge is 0.503 e. The summed E-state index contributed by atoms with van der Waals surface area (Å²) in [5.41, 5.74) is 0.917. The standard InChI is InChI=1S/C19H25NO5/c1-4-11-25-14-8-6-13(7-9-14)17-16(15(21)5-2)18(22)19(23)20(17)10-12-24-3/h6-9,17,22H,4-5,10-12H2,1-3H3. The number of Topliss-reactive ketones (excluding diaryl/α,β-unsaturated/α-hetero) is 1. The third-order valence-corrected chi connectivity index (χ3v) is 4.13. The molecule has 1 aliphatic rings. The number of ketones is 1. The molecule has 0 radical (unpaired) electrons. The third kappa shape index (κ3) is 4.02. The topological polar surface area (TPSA) is 76.1 Å². The van der Waals surface area contributed by atoms with Gasteiger partial charge in [-0.3, -0.25) is 9.59 Å². The van der Waals surface area contributed by atoms with E-state index in [0.717, 1.165) is 17.7 Å². The van der Waals surface area contributed by atoms with E-state index in [1.54, 1.807) is 14.0 Å². The molecule has 2 rings (SSSR count). The second-order valence-corrected chi connectivity index (χ2v) is 5.85. The number of rotatable bonds is 9. The number of aliphatic hydroxyl groups is 1. The molecule has 136 valence electrons. The Labute approximate surface area is 148 Å². The molecule has 0 aliphatic carbocycles. The van der Waals surface area contributed by atoms with Crippen molar-refractivity contribution in [2.75, 3.05) is 26.9 Å². The van der Waals surface area contributed by atoms with Gasteiger partial charge in [-0.05, 0) is 24.1 Å². The van der Waals surface area contributed by atoms with E-state index in [-0.39, 0.29) is 17.8 Å². The van der Waals surface area contributed by atoms with Crippen LogP contribution in [0.2, 0.25) is 0 Å². The summed E-state index contributed by atoms with van der Waals surface area (Å²) in [5.74, 6) is -0.499. The quantitative estimate of drug-likeness (QED) is 0.743. The molecule has 0 aromatic heterocycles. The van der Waals surface area contributed by atoms with E-state index in [1.807, 2.05) is 31.2 Å². The lowest BCUT2D eigenvalue weighted by atomic mass is 9.95. The second-order valence-electron chi connectivity index (χ2n) is 5.85. The molecular weight excluding hydrogens is 322 g/mol. The Morgan fingerprint density at radius 1 is 1.20 bits per heavy atom. The van der Waals surface area contributed by atoms with E-state index in [1.165, 1.54) is 4.90 Å². The molecule has 1 aliphatic heterocycles. The molecule has 0 saturated carbocycles. The highest BCUT2D eigenvalue weighted by atomic mass is 16.5. The first-order valence-electron chi connectivity index (χ1n) is 8.54. The summed E-state index contributed by atoms with van der Waals surface area (Å²) in [6.45, 7) is 4.98. The van der Waals surface area contributed by atoms with Gasteiger partial charge in [0.15, 0.2) is 11.5 Å². The number of methoxy groups -OCH3 is 1. The Hall–Kier alpha value is -2.34. The number of amides is 1. The fourth-order valence-corrected chi connectivity index (χ4v) is 2.86. The molecule has 25 heavy (non-hydrogen) atoms. The van der Waals surface area contributed by atoms with Gasteiger partial charge in [0.05, 0.1) is 24.8 Å². The van der Waals surface area contributed by atoms with Crippen LogP contribution in [0.25, 0.3) is 0 Å². The van der Waals surface area contributed by atoms with E-state index in [4.69, 9.17) is 9.47 Å². The van der Waals surface area contributed by atoms with Gasteiger partial charge >= 0.3 is 0 Å². The number of ether oxygens (including phenoxy) is 2. The van der Waals surface area contributed by atoms with Crippen molar-refractivity contribution in [2.45, 2.75) is 32.7 Å². The van der Waals surface area contributed by atoms with Crippen molar-refractivity contribution < 1.29 is 24.2 Å². The third-order valence-electron chi connectivity index (χ3n) is 4.13. The zero-order valence-electron chi connectivity index (χ0n) is 14.9. The van der Waals surface area contributed by atoms with Gasteiger partial charge in [-0.15, -0.1) is 0 Å². The molecule has 1 amide bonds. The van der Waals surface area contributed by atoms with Crippen molar-refractivity contribution in [1.82, 2.24) is 4.90 Å². The van der Waals surface area contributed by atoms with Crippen molar-refractivity contribution in [3.05, 3.63) is 41.2 Å². The number of hydrogen-bond donors (Lipinski definition) is 1. The number of benzene rings is 1. The highest BCUT2D eigenvalue weighted by Crippen LogP contribution is 2.38. The molecular formula is C19H25NO5. The lowest BCUT2D eigenvalue weighted by Crippen LogP contribution is -2.33. The molecule has 0 spiro atoms. The molecule has 1 aromatic rings. The average molecular weight is 347 g/mol. The van der Waals surface area contributed by atoms with E-state index >= 15 is 0 Å². The number of aliphatic hydroxyl groups excluding tert-OH is 1. The van der Waals surface area contributed by atoms with Crippen LogP contribution in [0.1, 0.15) is 38.3 Å². The summed E-state index contributed by atoms with van der Waals surface area (Å²) in [5, 5.41) is 10.2. The van der Waals surface area contributed by atoms with Gasteiger partial charge < -0.3 is 19.5 Å². The average Bonchev–Trinajstić information content (AvgIpc) is 2.89. The van der Waals surface area contributed by atoms with Gasteiger partial charge in [0, 0.05) is 20.1 Å². The molecule has 0 fully saturated rings. The first-order chi connectivity index (χ1) is 12.0. The van der Waals surface area contributed by atoms with Crippen LogP contribution in [0.5, 0.6) is 5.75 Å². The summed E-state index contributed by atoms with van der Waals surface area (Å²) >= 11 is 0. The monoisotopic (exact) mass is 347 g/mol. The van der Waals surface area contributed by atoms with Crippen LogP contribution in [0.15, 0.2) is 35.6 Å². The van der Waals surface area contributed by atoms with Crippen LogP contribution in [-0.2, 0) is 14.3 Å². The fourth-order valence-electron chi connectivity index (χ4n) is 2.86. The van der Waals surface area contributed by atoms with Crippen LogP contribution in [0, 0.1) is 0 Å². The molecule has 1 N–H and O–H groups in total. The maximum absolute atomic E-state index is 12.4. The molecule has 1 heterocycles. The maximum atomic E-state index is 12.4. The van der Waals surface area contributed by atoms with E-state index in [9.17, 15) is 14.7 Å². The van der Waals surface area contributed by atoms with Crippen LogP contribution in [0.3, 0.4) is 0 Å². The zero-order valence-corrected chi connectivity index (χ0v) is 14.9. The fraction of sp³-hybridized carbons (Fsp3) is 0.474. The predicted octanol–water partition coefficient (Wildman–Crippen LogP) is 2.80. The van der Waals surface area contributed by atoms with Crippen LogP contribution in [-0.4, -0.2) is 48.6 Å². The van der Waals surface area contributed by atoms with Crippen molar-refractivity contribution in [3.8, 4) is 5.75 Å². The molecule has 6 nitrogen and oxygen atoms in total. The van der Waals surface area contributed by atoms with Gasteiger partial charge in [0.2, 0.25) is 0 Å². The van der Waals surface area contributed by atoms with Crippen molar-refractivity contribution in [2.24, 2.45) is 0 Å². The number of carbonyl (C=O) groups is 2. The Bertz CT molecular complexity index is 650. The number of nitrogens with zero attached hydrogens (tertiary/aromatic N) is 1. The normalized spacial score (nSPS) is 17.3. The summed E-state index contributed by atoms with van der Waals surface area (Å²) in [6, 6.07) is 6.67. The summed E-state index contributed by atoms with van der Waals surface area (Å²) in [7, 11) is 1.54. The molecule has 1 aromatic carbocycles. The number of hydrogen-bond acceptors (Lipinski definition) is 5. The second kappa shape index (κ2) is 8.67. The predicted molar refractivity (Wildman–Crippen MR) is 93.5 cm³/mol. The highest BCUT2D eigenvalue weighted by molar-refractivity contribution is 6.08. The molecule has 0 bridgehead atoms. The van der Waals surface area contributed by atoms with E-state index < -0.39 is 17.7 Å². The van der Waals surface area contributed by atoms with Crippen molar-refractivity contribution in [1.29, 1.82) is 0 Å². The van der Waals surface area contributed by atoms with Crippen LogP contribution >= 0.6 is 0 Å². The van der Waals surface area contributed by atoms with Gasteiger partial charge in [-0.1, -0.05) is 26.0 Å². The molecule has 6 heteroatoms. The Kier molecular flexibility index (Phi) is 6.58. The summed E-state index contributed by atoms with van der Waals surface area (Å²) < 4.78 is 10.6. The molecule has 1 unspecified atom stereocenters. The van der Waals surface area contributed by atoms with Crippen LogP contribution in [0.4, 0.5) is 0 Å². The van der Waals surface area contributed by atoms with E-state index in [0.29, 0.717) is 19.8 Å². The minimum absolute atomic E-state index is 0.158. The van der Waals surface area contributed by atoms with Crippen LogP contribution < -0.4 is 4.74 Å². The zero-order chi connectivity index (χ0) is 18.4. The summed E-state index contributed by atoms with van der Waals surface area (Å²) in [4.78, 5) is 26.2. The minimum Gasteiger partial charge on any atom is -0.503 e. The minimum atomic E-state index is -0.602. The first kappa shape index (κ1) is 19.0. The van der Waals surface area contributed by atoms with Crippen molar-refractivity contribution >= 4 is 11.7 Å². The van der Waals surface area contributed by atoms with Gasteiger partial charge in [-0.25, -0.2) is 0 Å². The number of carbonyl (C=O) groups excluding carboxylic acids is 2. The van der Waals surface area contributed by atoms with Gasteiger partial charge in [0.25, 0.3) is 5.91 Å². The van der Waals surface area contributed by atoms with Gasteiger partial charge in [-0.2, -0.15) is 0 Å². The Morgan fingerprint density at radius 3 is 2.44 bits per heavy atom. The van der Waals surface area contributed by atoms with Gasteiger partial charge in [0.1, 0.15) is 5.75 Å².